The van der Waals surface area contributed by atoms with Gasteiger partial charge in [0.25, 0.3) is 0 Å². The first-order valence-corrected chi connectivity index (χ1v) is 9.56. The first-order chi connectivity index (χ1) is 11.7. The number of fused-ring (bicyclic) bond motifs is 2. The zero-order valence-corrected chi connectivity index (χ0v) is 15.0. The molecule has 1 aromatic carbocycles. The van der Waals surface area contributed by atoms with Gasteiger partial charge in [-0.2, -0.15) is 0 Å². The van der Waals surface area contributed by atoms with E-state index >= 15 is 0 Å². The van der Waals surface area contributed by atoms with Crippen molar-refractivity contribution in [1.82, 2.24) is 9.80 Å². The lowest BCUT2D eigenvalue weighted by molar-refractivity contribution is -0.169. The summed E-state index contributed by atoms with van der Waals surface area (Å²) in [6.45, 7) is 2.97. The van der Waals surface area contributed by atoms with Crippen molar-refractivity contribution in [3.8, 4) is 0 Å². The van der Waals surface area contributed by atoms with Crippen LogP contribution >= 0.6 is 11.6 Å². The second kappa shape index (κ2) is 6.53. The molecule has 6 rings (SSSR count). The third kappa shape index (κ3) is 2.68. The van der Waals surface area contributed by atoms with Crippen molar-refractivity contribution in [2.24, 2.45) is 0 Å². The van der Waals surface area contributed by atoms with Crippen LogP contribution in [0.1, 0.15) is 44.6 Å². The van der Waals surface area contributed by atoms with Crippen LogP contribution in [0.5, 0.6) is 0 Å². The van der Waals surface area contributed by atoms with Gasteiger partial charge in [-0.25, -0.2) is 0 Å². The minimum absolute atomic E-state index is 0.355. The van der Waals surface area contributed by atoms with E-state index in [0.717, 1.165) is 17.1 Å². The van der Waals surface area contributed by atoms with Gasteiger partial charge in [-0.3, -0.25) is 9.69 Å². The Kier molecular flexibility index (Phi) is 4.40. The summed E-state index contributed by atoms with van der Waals surface area (Å²) in [6.07, 6.45) is 9.92. The molecule has 5 heterocycles. The van der Waals surface area contributed by atoms with Gasteiger partial charge in [0.1, 0.15) is 0 Å². The topological polar surface area (TPSA) is 23.6 Å². The summed E-state index contributed by atoms with van der Waals surface area (Å²) in [6, 6.07) is 9.96. The number of piperidine rings is 4. The van der Waals surface area contributed by atoms with Gasteiger partial charge in [-0.15, -0.1) is 0 Å². The highest BCUT2D eigenvalue weighted by Crippen LogP contribution is 2.45. The van der Waals surface area contributed by atoms with E-state index < -0.39 is 0 Å². The van der Waals surface area contributed by atoms with Crippen LogP contribution in [0.3, 0.4) is 0 Å². The predicted molar refractivity (Wildman–Crippen MR) is 97.9 cm³/mol. The van der Waals surface area contributed by atoms with Crippen LogP contribution in [-0.2, 0) is 4.79 Å². The van der Waals surface area contributed by atoms with E-state index in [2.05, 4.69) is 28.0 Å². The number of benzene rings is 1. The standard InChI is InChI=1S/C20H25ClN2O/c1-2-20(24)23-18-10-8-16-19(23)11-9-17(18)22(16)12-4-6-14-5-3-7-15(21)13-14/h3-7,13,16-19H,2,8-12H2,1H3/b6-4+. The van der Waals surface area contributed by atoms with Gasteiger partial charge in [0.2, 0.25) is 5.91 Å². The number of hydrogen-bond donors (Lipinski definition) is 0. The molecule has 1 aromatic rings. The summed E-state index contributed by atoms with van der Waals surface area (Å²) in [5.74, 6) is 0.355. The Morgan fingerprint density at radius 2 is 1.83 bits per heavy atom. The molecule has 1 amide bonds. The number of hydrogen-bond acceptors (Lipinski definition) is 2. The molecular weight excluding hydrogens is 320 g/mol. The molecule has 0 spiro atoms. The smallest absolute Gasteiger partial charge is 0.222 e. The molecular formula is C20H25ClN2O. The van der Waals surface area contributed by atoms with Crippen LogP contribution in [0.25, 0.3) is 6.08 Å². The number of piperazine rings is 1. The normalized spacial score (nSPS) is 32.0. The van der Waals surface area contributed by atoms with Gasteiger partial charge >= 0.3 is 0 Å². The molecule has 5 aliphatic heterocycles. The maximum atomic E-state index is 12.4. The molecule has 5 fully saturated rings. The highest BCUT2D eigenvalue weighted by atomic mass is 35.5. The van der Waals surface area contributed by atoms with E-state index in [9.17, 15) is 4.79 Å². The van der Waals surface area contributed by atoms with E-state index in [1.807, 2.05) is 25.1 Å². The van der Waals surface area contributed by atoms with Gasteiger partial charge in [0.15, 0.2) is 0 Å². The molecule has 5 saturated heterocycles. The van der Waals surface area contributed by atoms with Gasteiger partial charge in [0.05, 0.1) is 0 Å². The lowest BCUT2D eigenvalue weighted by atomic mass is 9.71. The monoisotopic (exact) mass is 344 g/mol. The maximum absolute atomic E-state index is 12.4. The van der Waals surface area contributed by atoms with Crippen LogP contribution in [-0.4, -0.2) is 46.4 Å². The Morgan fingerprint density at radius 3 is 2.46 bits per heavy atom. The quantitative estimate of drug-likeness (QED) is 0.825. The van der Waals surface area contributed by atoms with Gasteiger partial charge in [0, 0.05) is 42.2 Å². The number of nitrogens with zero attached hydrogens (tertiary/aromatic N) is 2. The minimum Gasteiger partial charge on any atom is -0.334 e. The number of halogens is 1. The average molecular weight is 345 g/mol. The third-order valence-electron chi connectivity index (χ3n) is 6.04. The minimum atomic E-state index is 0.355. The molecule has 0 radical (unpaired) electrons. The van der Waals surface area contributed by atoms with E-state index in [1.165, 1.54) is 25.7 Å². The number of carbonyl (C=O) groups excluding carboxylic acids is 1. The Balaban J connectivity index is 1.48. The van der Waals surface area contributed by atoms with E-state index in [0.29, 0.717) is 36.5 Å². The van der Waals surface area contributed by atoms with E-state index in [1.54, 1.807) is 0 Å². The second-order valence-corrected chi connectivity index (χ2v) is 7.67. The summed E-state index contributed by atoms with van der Waals surface area (Å²) >= 11 is 6.05. The Labute approximate surface area is 149 Å². The van der Waals surface area contributed by atoms with Crippen LogP contribution in [0.15, 0.2) is 30.3 Å². The van der Waals surface area contributed by atoms with Crippen molar-refractivity contribution in [3.05, 3.63) is 40.9 Å². The van der Waals surface area contributed by atoms with E-state index in [-0.39, 0.29) is 0 Å². The fraction of sp³-hybridized carbons (Fsp3) is 0.550. The van der Waals surface area contributed by atoms with Crippen molar-refractivity contribution in [2.75, 3.05) is 6.54 Å². The molecule has 4 heteroatoms. The number of rotatable bonds is 4. The highest BCUT2D eigenvalue weighted by molar-refractivity contribution is 6.30. The number of carbonyl (C=O) groups is 1. The Hall–Kier alpha value is -1.32. The van der Waals surface area contributed by atoms with E-state index in [4.69, 9.17) is 11.6 Å². The van der Waals surface area contributed by atoms with Crippen LogP contribution in [0, 0.1) is 0 Å². The van der Waals surface area contributed by atoms with Gasteiger partial charge in [-0.1, -0.05) is 42.8 Å². The summed E-state index contributed by atoms with van der Waals surface area (Å²) in [4.78, 5) is 17.3. The zero-order valence-electron chi connectivity index (χ0n) is 14.2. The van der Waals surface area contributed by atoms with Gasteiger partial charge < -0.3 is 4.90 Å². The predicted octanol–water partition coefficient (Wildman–Crippen LogP) is 3.97. The first kappa shape index (κ1) is 16.2. The Bertz CT molecular complexity index is 639. The van der Waals surface area contributed by atoms with Crippen molar-refractivity contribution in [3.63, 3.8) is 0 Å². The van der Waals surface area contributed by atoms with Crippen molar-refractivity contribution < 1.29 is 4.79 Å². The summed E-state index contributed by atoms with van der Waals surface area (Å²) in [5, 5.41) is 0.780. The molecule has 4 unspecified atom stereocenters. The molecule has 3 nitrogen and oxygen atoms in total. The average Bonchev–Trinajstić information content (AvgIpc) is 2.60. The molecule has 5 aliphatic rings. The SMILES string of the molecule is CCC(=O)N1C2CCC3C1CCC2N3C/C=C/c1cccc(Cl)c1. The summed E-state index contributed by atoms with van der Waals surface area (Å²) in [7, 11) is 0. The largest absolute Gasteiger partial charge is 0.334 e. The van der Waals surface area contributed by atoms with Crippen molar-refractivity contribution in [1.29, 1.82) is 0 Å². The fourth-order valence-corrected chi connectivity index (χ4v) is 5.31. The lowest BCUT2D eigenvalue weighted by Gasteiger charge is -2.64. The summed E-state index contributed by atoms with van der Waals surface area (Å²) in [5.41, 5.74) is 1.15. The molecule has 4 atom stereocenters. The third-order valence-corrected chi connectivity index (χ3v) is 6.27. The molecule has 0 aromatic heterocycles. The van der Waals surface area contributed by atoms with Gasteiger partial charge in [-0.05, 0) is 43.4 Å². The molecule has 128 valence electrons. The zero-order chi connectivity index (χ0) is 16.7. The molecule has 24 heavy (non-hydrogen) atoms. The Morgan fingerprint density at radius 1 is 1.17 bits per heavy atom. The lowest BCUT2D eigenvalue weighted by Crippen LogP contribution is -2.76. The van der Waals surface area contributed by atoms with Crippen LogP contribution < -0.4 is 0 Å². The summed E-state index contributed by atoms with van der Waals surface area (Å²) < 4.78 is 0. The molecule has 0 aliphatic carbocycles. The maximum Gasteiger partial charge on any atom is 0.222 e. The van der Waals surface area contributed by atoms with Crippen LogP contribution in [0.4, 0.5) is 0 Å². The molecule has 4 bridgehead atoms. The van der Waals surface area contributed by atoms with Crippen LogP contribution in [0.2, 0.25) is 5.02 Å². The number of amides is 1. The second-order valence-electron chi connectivity index (χ2n) is 7.23. The van der Waals surface area contributed by atoms with Crippen molar-refractivity contribution >= 4 is 23.6 Å². The van der Waals surface area contributed by atoms with Crippen molar-refractivity contribution in [2.45, 2.75) is 63.2 Å². The first-order valence-electron chi connectivity index (χ1n) is 9.18. The fourth-order valence-electron chi connectivity index (χ4n) is 5.11. The highest BCUT2D eigenvalue weighted by Gasteiger charge is 2.55. The molecule has 0 N–H and O–H groups in total. The molecule has 0 saturated carbocycles.